The van der Waals surface area contributed by atoms with Crippen LogP contribution in [0, 0.1) is 5.92 Å². The summed E-state index contributed by atoms with van der Waals surface area (Å²) in [4.78, 5) is 23.3. The van der Waals surface area contributed by atoms with Gasteiger partial charge in [0.1, 0.15) is 16.9 Å². The fourth-order valence-corrected chi connectivity index (χ4v) is 4.73. The van der Waals surface area contributed by atoms with Crippen molar-refractivity contribution in [3.05, 3.63) is 47.6 Å². The van der Waals surface area contributed by atoms with Crippen LogP contribution in [-0.2, 0) is 10.9 Å². The number of carbonyl (C=O) groups is 1. The second-order valence-corrected chi connectivity index (χ2v) is 9.31. The Hall–Kier alpha value is -3.14. The Morgan fingerprint density at radius 2 is 1.83 bits per heavy atom. The number of hydrogen-bond acceptors (Lipinski definition) is 6. The van der Waals surface area contributed by atoms with Crippen LogP contribution >= 0.6 is 0 Å². The number of rotatable bonds is 4. The summed E-state index contributed by atoms with van der Waals surface area (Å²) < 4.78 is 50.8. The Kier molecular flexibility index (Phi) is 6.39. The first-order valence-electron chi connectivity index (χ1n) is 11.9. The Bertz CT molecular complexity index is 1210. The second kappa shape index (κ2) is 9.49. The van der Waals surface area contributed by atoms with Crippen LogP contribution < -0.4 is 10.2 Å². The molecule has 10 heteroatoms. The number of anilines is 2. The summed E-state index contributed by atoms with van der Waals surface area (Å²) in [5.41, 5.74) is 0.943. The van der Waals surface area contributed by atoms with Gasteiger partial charge >= 0.3 is 6.18 Å². The van der Waals surface area contributed by atoms with Gasteiger partial charge in [-0.2, -0.15) is 13.2 Å². The number of morpholine rings is 1. The van der Waals surface area contributed by atoms with Gasteiger partial charge in [-0.15, -0.1) is 0 Å². The molecule has 0 radical (unpaired) electrons. The Morgan fingerprint density at radius 1 is 1.09 bits per heavy atom. The molecular formula is C25H27F3N4O3. The number of amides is 1. The molecule has 1 aliphatic heterocycles. The quantitative estimate of drug-likeness (QED) is 0.513. The van der Waals surface area contributed by atoms with E-state index in [1.807, 2.05) is 6.07 Å². The number of benzene rings is 1. The molecule has 7 nitrogen and oxygen atoms in total. The molecule has 2 aromatic heterocycles. The van der Waals surface area contributed by atoms with Gasteiger partial charge in [0.2, 0.25) is 0 Å². The van der Waals surface area contributed by atoms with Gasteiger partial charge in [-0.1, -0.05) is 13.0 Å². The van der Waals surface area contributed by atoms with Gasteiger partial charge in [-0.05, 0) is 49.8 Å². The summed E-state index contributed by atoms with van der Waals surface area (Å²) in [5.74, 6) is 0.932. The van der Waals surface area contributed by atoms with E-state index in [1.165, 1.54) is 12.1 Å². The third-order valence-electron chi connectivity index (χ3n) is 6.76. The van der Waals surface area contributed by atoms with Crippen LogP contribution in [0.4, 0.5) is 24.5 Å². The van der Waals surface area contributed by atoms with E-state index < -0.39 is 17.8 Å². The van der Waals surface area contributed by atoms with Gasteiger partial charge in [0.25, 0.3) is 5.91 Å². The number of aromatic nitrogens is 2. The molecule has 1 N–H and O–H groups in total. The van der Waals surface area contributed by atoms with Gasteiger partial charge in [0, 0.05) is 25.1 Å². The van der Waals surface area contributed by atoms with Crippen LogP contribution in [0.2, 0.25) is 0 Å². The maximum atomic E-state index is 13.1. The number of alkyl halides is 3. The fourth-order valence-electron chi connectivity index (χ4n) is 4.73. The minimum Gasteiger partial charge on any atom is -0.440 e. The third kappa shape index (κ3) is 5.12. The molecule has 0 atom stereocenters. The highest BCUT2D eigenvalue weighted by molar-refractivity contribution is 6.06. The minimum atomic E-state index is -4.64. The van der Waals surface area contributed by atoms with Gasteiger partial charge in [-0.3, -0.25) is 4.79 Å². The predicted octanol–water partition coefficient (Wildman–Crippen LogP) is 5.62. The van der Waals surface area contributed by atoms with Crippen LogP contribution in [0.25, 0.3) is 11.1 Å². The van der Waals surface area contributed by atoms with Crippen molar-refractivity contribution in [1.82, 2.24) is 9.97 Å². The summed E-state index contributed by atoms with van der Waals surface area (Å²) in [6.07, 6.45) is -0.326. The molecule has 1 amide bonds. The first-order chi connectivity index (χ1) is 16.8. The molecule has 186 valence electrons. The van der Waals surface area contributed by atoms with Crippen LogP contribution in [-0.4, -0.2) is 42.2 Å². The van der Waals surface area contributed by atoms with Crippen LogP contribution in [0.15, 0.2) is 34.7 Å². The second-order valence-electron chi connectivity index (χ2n) is 9.31. The third-order valence-corrected chi connectivity index (χ3v) is 6.76. The highest BCUT2D eigenvalue weighted by Crippen LogP contribution is 2.38. The number of nitrogens with zero attached hydrogens (tertiary/aromatic N) is 3. The van der Waals surface area contributed by atoms with Crippen molar-refractivity contribution >= 4 is 28.4 Å². The number of nitrogens with one attached hydrogen (secondary N) is 1. The molecule has 1 saturated carbocycles. The van der Waals surface area contributed by atoms with Crippen molar-refractivity contribution in [2.75, 3.05) is 36.5 Å². The van der Waals surface area contributed by atoms with E-state index in [1.54, 1.807) is 6.07 Å². The van der Waals surface area contributed by atoms with Gasteiger partial charge < -0.3 is 19.4 Å². The fraction of sp³-hybridized carbons (Fsp3) is 0.480. The number of carbonyl (C=O) groups excluding carboxylic acids is 1. The highest BCUT2D eigenvalue weighted by atomic mass is 19.4. The van der Waals surface area contributed by atoms with E-state index in [2.05, 4.69) is 22.1 Å². The highest BCUT2D eigenvalue weighted by Gasteiger charge is 2.33. The maximum Gasteiger partial charge on any atom is 0.433 e. The number of ether oxygens (including phenoxy) is 1. The average Bonchev–Trinajstić information content (AvgIpc) is 3.27. The molecular weight excluding hydrogens is 461 g/mol. The zero-order chi connectivity index (χ0) is 24.6. The zero-order valence-corrected chi connectivity index (χ0v) is 19.4. The van der Waals surface area contributed by atoms with Crippen LogP contribution in [0.1, 0.15) is 60.6 Å². The van der Waals surface area contributed by atoms with Crippen molar-refractivity contribution in [2.45, 2.75) is 44.7 Å². The number of fused-ring (bicyclic) bond motifs is 1. The lowest BCUT2D eigenvalue weighted by Crippen LogP contribution is -2.36. The van der Waals surface area contributed by atoms with Crippen molar-refractivity contribution in [3.8, 4) is 0 Å². The lowest BCUT2D eigenvalue weighted by Gasteiger charge is -2.30. The lowest BCUT2D eigenvalue weighted by molar-refractivity contribution is -0.141. The van der Waals surface area contributed by atoms with Crippen molar-refractivity contribution in [2.24, 2.45) is 5.92 Å². The molecule has 3 heterocycles. The van der Waals surface area contributed by atoms with Crippen molar-refractivity contribution in [3.63, 3.8) is 0 Å². The molecule has 2 aliphatic rings. The monoisotopic (exact) mass is 488 g/mol. The largest absolute Gasteiger partial charge is 0.440 e. The molecule has 3 aromatic rings. The minimum absolute atomic E-state index is 0.262. The van der Waals surface area contributed by atoms with Crippen molar-refractivity contribution in [1.29, 1.82) is 0 Å². The summed E-state index contributed by atoms with van der Waals surface area (Å²) in [6, 6.07) is 6.84. The number of hydrogen-bond donors (Lipinski definition) is 1. The van der Waals surface area contributed by atoms with E-state index in [0.29, 0.717) is 54.9 Å². The van der Waals surface area contributed by atoms with E-state index in [4.69, 9.17) is 14.1 Å². The predicted molar refractivity (Wildman–Crippen MR) is 125 cm³/mol. The van der Waals surface area contributed by atoms with E-state index in [9.17, 15) is 18.0 Å². The lowest BCUT2D eigenvalue weighted by atomic mass is 9.83. The zero-order valence-electron chi connectivity index (χ0n) is 19.4. The SMILES string of the molecule is C[C@H]1CC[C@H](c2nc3cc(N4CCOCC4)c(NC(=O)c4cccc(C(F)(F)F)n4)cc3o2)CC1. The number of oxazole rings is 1. The standard InChI is InChI=1S/C25H27F3N4O3/c1-15-5-7-16(8-6-15)24-31-19-13-20(32-9-11-34-12-10-32)18(14-21(19)35-24)30-23(33)17-3-2-4-22(29-17)25(26,27)28/h2-4,13-16H,5-12H2,1H3,(H,30,33)/t15-,16-. The molecule has 0 unspecified atom stereocenters. The molecule has 1 aromatic carbocycles. The number of pyridine rings is 1. The molecule has 0 bridgehead atoms. The van der Waals surface area contributed by atoms with E-state index in [0.717, 1.165) is 37.4 Å². The van der Waals surface area contributed by atoms with Gasteiger partial charge in [0.15, 0.2) is 11.5 Å². The average molecular weight is 489 g/mol. The van der Waals surface area contributed by atoms with Crippen LogP contribution in [0.5, 0.6) is 0 Å². The summed E-state index contributed by atoms with van der Waals surface area (Å²) in [5, 5.41) is 2.75. The van der Waals surface area contributed by atoms with Crippen LogP contribution in [0.3, 0.4) is 0 Å². The van der Waals surface area contributed by atoms with Gasteiger partial charge in [0.05, 0.1) is 24.6 Å². The maximum absolute atomic E-state index is 13.1. The molecule has 1 aliphatic carbocycles. The molecule has 35 heavy (non-hydrogen) atoms. The van der Waals surface area contributed by atoms with E-state index >= 15 is 0 Å². The van der Waals surface area contributed by atoms with Gasteiger partial charge in [-0.25, -0.2) is 9.97 Å². The molecule has 1 saturated heterocycles. The Balaban J connectivity index is 1.48. The smallest absolute Gasteiger partial charge is 0.433 e. The molecule has 0 spiro atoms. The topological polar surface area (TPSA) is 80.5 Å². The summed E-state index contributed by atoms with van der Waals surface area (Å²) in [7, 11) is 0. The first-order valence-corrected chi connectivity index (χ1v) is 11.9. The summed E-state index contributed by atoms with van der Waals surface area (Å²) in [6.45, 7) is 4.55. The Labute approximate surface area is 200 Å². The normalized spacial score (nSPS) is 21.3. The first kappa shape index (κ1) is 23.6. The number of halogens is 3. The molecule has 5 rings (SSSR count). The van der Waals surface area contributed by atoms with E-state index in [-0.39, 0.29) is 11.6 Å². The summed E-state index contributed by atoms with van der Waals surface area (Å²) >= 11 is 0. The van der Waals surface area contributed by atoms with Crippen molar-refractivity contribution < 1.29 is 27.1 Å². The Morgan fingerprint density at radius 3 is 2.54 bits per heavy atom. The molecule has 2 fully saturated rings.